The molecule has 1 aliphatic heterocycles. The number of H-pyrrole nitrogens is 1. The summed E-state index contributed by atoms with van der Waals surface area (Å²) < 4.78 is 13.1. The molecule has 7 nitrogen and oxygen atoms in total. The van der Waals surface area contributed by atoms with Gasteiger partial charge in [-0.15, -0.1) is 0 Å². The monoisotopic (exact) mass is 444 g/mol. The van der Waals surface area contributed by atoms with Crippen molar-refractivity contribution in [2.24, 2.45) is 0 Å². The molecule has 178 valence electrons. The fourth-order valence-electron chi connectivity index (χ4n) is 3.88. The molecule has 4 rings (SSSR count). The first-order chi connectivity index (χ1) is 15.6. The molecule has 2 N–H and O–H groups in total. The molecule has 3 aromatic heterocycles. The predicted octanol–water partition coefficient (Wildman–Crippen LogP) is 5.43. The van der Waals surface area contributed by atoms with Crippen molar-refractivity contribution in [3.8, 4) is 11.1 Å². The van der Waals surface area contributed by atoms with Gasteiger partial charge >= 0.3 is 0 Å². The smallest absolute Gasteiger partial charge is 0.134 e. The van der Waals surface area contributed by atoms with Crippen molar-refractivity contribution in [3.63, 3.8) is 0 Å². The standard InChI is InChI=1S/C18H22N4O.C4H10O.C3H8O/c1-3-15-18(13-9-20-21-10-13)14-8-12(2)19-11-16(14)22(15)17-6-4-5-7-23-17;1-3-4-5-2;1-2-3-4/h8-11,17H,3-7H2,1-2H3,(H,20,21);3-4H2,1-2H3;4H,2-3H2,1H3. The number of aromatic amines is 1. The summed E-state index contributed by atoms with van der Waals surface area (Å²) in [6.45, 7) is 10.3. The van der Waals surface area contributed by atoms with Crippen molar-refractivity contribution >= 4 is 10.9 Å². The highest BCUT2D eigenvalue weighted by Gasteiger charge is 2.25. The van der Waals surface area contributed by atoms with Crippen LogP contribution in [0.15, 0.2) is 24.7 Å². The second-order valence-electron chi connectivity index (χ2n) is 7.91. The Kier molecular flexibility index (Phi) is 11.4. The van der Waals surface area contributed by atoms with Gasteiger partial charge in [-0.3, -0.25) is 10.1 Å². The molecule has 0 aliphatic carbocycles. The van der Waals surface area contributed by atoms with Crippen LogP contribution in [-0.4, -0.2) is 51.8 Å². The Labute approximate surface area is 192 Å². The fourth-order valence-corrected chi connectivity index (χ4v) is 3.88. The van der Waals surface area contributed by atoms with Crippen molar-refractivity contribution < 1.29 is 14.6 Å². The Morgan fingerprint density at radius 1 is 1.22 bits per heavy atom. The number of aryl methyl sites for hydroxylation is 1. The zero-order chi connectivity index (χ0) is 23.3. The molecule has 0 amide bonds. The summed E-state index contributed by atoms with van der Waals surface area (Å²) >= 11 is 0. The lowest BCUT2D eigenvalue weighted by Crippen LogP contribution is -2.19. The van der Waals surface area contributed by atoms with Gasteiger partial charge in [-0.05, 0) is 51.5 Å². The number of aliphatic hydroxyl groups excluding tert-OH is 1. The molecule has 0 radical (unpaired) electrons. The average molecular weight is 445 g/mol. The lowest BCUT2D eigenvalue weighted by molar-refractivity contribution is -0.0305. The van der Waals surface area contributed by atoms with Crippen molar-refractivity contribution in [2.45, 2.75) is 72.4 Å². The Morgan fingerprint density at radius 2 is 2.00 bits per heavy atom. The number of hydrogen-bond acceptors (Lipinski definition) is 5. The van der Waals surface area contributed by atoms with Crippen LogP contribution in [0, 0.1) is 6.92 Å². The van der Waals surface area contributed by atoms with Crippen molar-refractivity contribution in [1.29, 1.82) is 0 Å². The van der Waals surface area contributed by atoms with E-state index in [4.69, 9.17) is 14.6 Å². The van der Waals surface area contributed by atoms with Gasteiger partial charge in [0.15, 0.2) is 0 Å². The van der Waals surface area contributed by atoms with Crippen LogP contribution in [-0.2, 0) is 15.9 Å². The number of aliphatic hydroxyl groups is 1. The quantitative estimate of drug-likeness (QED) is 0.530. The van der Waals surface area contributed by atoms with Crippen molar-refractivity contribution in [3.05, 3.63) is 36.0 Å². The first-order valence-electron chi connectivity index (χ1n) is 11.8. The van der Waals surface area contributed by atoms with Gasteiger partial charge in [-0.1, -0.05) is 20.8 Å². The van der Waals surface area contributed by atoms with Crippen LogP contribution in [0.3, 0.4) is 0 Å². The number of fused-ring (bicyclic) bond motifs is 1. The summed E-state index contributed by atoms with van der Waals surface area (Å²) in [6, 6.07) is 2.18. The molecule has 0 bridgehead atoms. The number of pyridine rings is 1. The van der Waals surface area contributed by atoms with E-state index in [9.17, 15) is 0 Å². The van der Waals surface area contributed by atoms with Gasteiger partial charge in [-0.2, -0.15) is 5.10 Å². The Balaban J connectivity index is 0.000000346. The molecule has 0 spiro atoms. The van der Waals surface area contributed by atoms with Crippen molar-refractivity contribution in [2.75, 3.05) is 26.9 Å². The van der Waals surface area contributed by atoms with Crippen LogP contribution < -0.4 is 0 Å². The highest BCUT2D eigenvalue weighted by Crippen LogP contribution is 2.39. The maximum atomic E-state index is 7.88. The molecule has 0 saturated carbocycles. The largest absolute Gasteiger partial charge is 0.396 e. The fraction of sp³-hybridized carbons (Fsp3) is 0.600. The van der Waals surface area contributed by atoms with Gasteiger partial charge < -0.3 is 19.1 Å². The minimum absolute atomic E-state index is 0.117. The minimum atomic E-state index is 0.117. The van der Waals surface area contributed by atoms with E-state index in [1.54, 1.807) is 7.11 Å². The maximum absolute atomic E-state index is 7.88. The Hall–Kier alpha value is -2.22. The van der Waals surface area contributed by atoms with Crippen LogP contribution in [0.25, 0.3) is 22.0 Å². The lowest BCUT2D eigenvalue weighted by atomic mass is 10.0. The lowest BCUT2D eigenvalue weighted by Gasteiger charge is -2.26. The predicted molar refractivity (Wildman–Crippen MR) is 130 cm³/mol. The molecule has 3 aromatic rings. The summed E-state index contributed by atoms with van der Waals surface area (Å²) in [7, 11) is 1.71. The van der Waals surface area contributed by atoms with Crippen LogP contribution in [0.5, 0.6) is 0 Å². The zero-order valence-corrected chi connectivity index (χ0v) is 20.4. The average Bonchev–Trinajstić information content (AvgIpc) is 3.46. The Bertz CT molecular complexity index is 896. The van der Waals surface area contributed by atoms with Crippen LogP contribution >= 0.6 is 0 Å². The minimum Gasteiger partial charge on any atom is -0.396 e. The van der Waals surface area contributed by atoms with Gasteiger partial charge in [0.1, 0.15) is 6.23 Å². The van der Waals surface area contributed by atoms with Gasteiger partial charge in [-0.25, -0.2) is 0 Å². The molecule has 1 saturated heterocycles. The van der Waals surface area contributed by atoms with E-state index in [-0.39, 0.29) is 6.23 Å². The number of hydrogen-bond donors (Lipinski definition) is 2. The molecule has 1 atom stereocenters. The van der Waals surface area contributed by atoms with E-state index in [1.807, 2.05) is 32.4 Å². The topological polar surface area (TPSA) is 85.2 Å². The van der Waals surface area contributed by atoms with Gasteiger partial charge in [0.2, 0.25) is 0 Å². The second kappa shape index (κ2) is 14.0. The third kappa shape index (κ3) is 6.64. The third-order valence-electron chi connectivity index (χ3n) is 5.33. The summed E-state index contributed by atoms with van der Waals surface area (Å²) in [5.41, 5.74) is 5.89. The van der Waals surface area contributed by atoms with E-state index in [0.29, 0.717) is 6.61 Å². The zero-order valence-electron chi connectivity index (χ0n) is 20.4. The second-order valence-corrected chi connectivity index (χ2v) is 7.91. The third-order valence-corrected chi connectivity index (χ3v) is 5.33. The van der Waals surface area contributed by atoms with E-state index >= 15 is 0 Å². The number of ether oxygens (including phenoxy) is 2. The number of aromatic nitrogens is 4. The molecular formula is C25H40N4O3. The summed E-state index contributed by atoms with van der Waals surface area (Å²) in [4.78, 5) is 4.53. The molecule has 0 aromatic carbocycles. The number of rotatable bonds is 6. The highest BCUT2D eigenvalue weighted by molar-refractivity contribution is 5.98. The van der Waals surface area contributed by atoms with Crippen molar-refractivity contribution in [1.82, 2.24) is 19.7 Å². The number of nitrogens with zero attached hydrogens (tertiary/aromatic N) is 3. The van der Waals surface area contributed by atoms with Crippen LogP contribution in [0.2, 0.25) is 0 Å². The van der Waals surface area contributed by atoms with Crippen LogP contribution in [0.1, 0.15) is 70.5 Å². The molecule has 32 heavy (non-hydrogen) atoms. The van der Waals surface area contributed by atoms with Gasteiger partial charge in [0.05, 0.1) is 17.9 Å². The first kappa shape index (κ1) is 26.0. The van der Waals surface area contributed by atoms with E-state index in [0.717, 1.165) is 62.1 Å². The van der Waals surface area contributed by atoms with Gasteiger partial charge in [0, 0.05) is 61.0 Å². The molecule has 1 unspecified atom stereocenters. The van der Waals surface area contributed by atoms with E-state index in [1.165, 1.54) is 23.1 Å². The maximum Gasteiger partial charge on any atom is 0.134 e. The molecule has 1 fully saturated rings. The molecule has 4 heterocycles. The molecular weight excluding hydrogens is 404 g/mol. The summed E-state index contributed by atoms with van der Waals surface area (Å²) in [5.74, 6) is 0. The van der Waals surface area contributed by atoms with E-state index < -0.39 is 0 Å². The SMILES string of the molecule is CCCO.CCCOC.CCc1c(-c2cn[nH]c2)c2cc(C)ncc2n1C1CCCCO1. The van der Waals surface area contributed by atoms with Crippen LogP contribution in [0.4, 0.5) is 0 Å². The summed E-state index contributed by atoms with van der Waals surface area (Å²) in [5, 5.41) is 16.2. The number of nitrogens with one attached hydrogen (secondary N) is 1. The summed E-state index contributed by atoms with van der Waals surface area (Å²) in [6.07, 6.45) is 12.4. The van der Waals surface area contributed by atoms with E-state index in [2.05, 4.69) is 39.7 Å². The molecule has 1 aliphatic rings. The first-order valence-corrected chi connectivity index (χ1v) is 11.8. The normalized spacial score (nSPS) is 15.6. The number of methoxy groups -OCH3 is 1. The van der Waals surface area contributed by atoms with Gasteiger partial charge in [0.25, 0.3) is 0 Å². The molecule has 7 heteroatoms. The Morgan fingerprint density at radius 3 is 2.50 bits per heavy atom. The highest BCUT2D eigenvalue weighted by atomic mass is 16.5.